The molecule has 0 fully saturated rings. The van der Waals surface area contributed by atoms with E-state index in [1.807, 2.05) is 72.8 Å². The molecule has 3 rings (SSSR count). The number of thioether (sulfide) groups is 1. The summed E-state index contributed by atoms with van der Waals surface area (Å²) in [5.74, 6) is 0.501. The molecule has 0 bridgehead atoms. The predicted molar refractivity (Wildman–Crippen MR) is 105 cm³/mol. The number of ether oxygens (including phenoxy) is 1. The standard InChI is InChI=1S/C22H20O3S/c23-22(24)21(15-17-7-3-1-4-8-17)25-19-11-13-20(14-12-19)26-16-18-9-5-2-6-10-18/h1-14,21H,15-16H2,(H,23,24). The lowest BCUT2D eigenvalue weighted by molar-refractivity contribution is -0.145. The van der Waals surface area contributed by atoms with Gasteiger partial charge in [-0.3, -0.25) is 0 Å². The van der Waals surface area contributed by atoms with Gasteiger partial charge in [-0.05, 0) is 35.4 Å². The number of benzene rings is 3. The first-order chi connectivity index (χ1) is 12.7. The fourth-order valence-corrected chi connectivity index (χ4v) is 3.38. The number of aliphatic carboxylic acids is 1. The molecule has 0 heterocycles. The Morgan fingerprint density at radius 2 is 1.42 bits per heavy atom. The monoisotopic (exact) mass is 364 g/mol. The molecule has 26 heavy (non-hydrogen) atoms. The van der Waals surface area contributed by atoms with Crippen LogP contribution in [0.25, 0.3) is 0 Å². The number of hydrogen-bond donors (Lipinski definition) is 1. The third-order valence-electron chi connectivity index (χ3n) is 3.89. The molecule has 0 aliphatic rings. The molecule has 132 valence electrons. The van der Waals surface area contributed by atoms with Crippen LogP contribution >= 0.6 is 11.8 Å². The highest BCUT2D eigenvalue weighted by molar-refractivity contribution is 7.98. The van der Waals surface area contributed by atoms with E-state index in [0.717, 1.165) is 16.2 Å². The molecule has 4 heteroatoms. The first kappa shape index (κ1) is 18.1. The van der Waals surface area contributed by atoms with Crippen LogP contribution in [0.2, 0.25) is 0 Å². The van der Waals surface area contributed by atoms with Gasteiger partial charge in [-0.1, -0.05) is 60.7 Å². The summed E-state index contributed by atoms with van der Waals surface area (Å²) in [5, 5.41) is 9.43. The van der Waals surface area contributed by atoms with Crippen LogP contribution in [0.4, 0.5) is 0 Å². The van der Waals surface area contributed by atoms with Gasteiger partial charge in [0.05, 0.1) is 0 Å². The lowest BCUT2D eigenvalue weighted by Gasteiger charge is -2.15. The number of hydrogen-bond acceptors (Lipinski definition) is 3. The molecule has 3 aromatic rings. The highest BCUT2D eigenvalue weighted by Crippen LogP contribution is 2.25. The second kappa shape index (κ2) is 9.11. The third-order valence-corrected chi connectivity index (χ3v) is 4.97. The topological polar surface area (TPSA) is 46.5 Å². The molecule has 0 amide bonds. The summed E-state index contributed by atoms with van der Waals surface area (Å²) in [5.41, 5.74) is 2.21. The van der Waals surface area contributed by atoms with E-state index in [-0.39, 0.29) is 0 Å². The molecule has 0 aliphatic carbocycles. The number of carboxylic acids is 1. The number of carbonyl (C=O) groups is 1. The van der Waals surface area contributed by atoms with Gasteiger partial charge >= 0.3 is 5.97 Å². The number of carboxylic acid groups (broad SMARTS) is 1. The van der Waals surface area contributed by atoms with Gasteiger partial charge in [0.1, 0.15) is 5.75 Å². The number of rotatable bonds is 8. The second-order valence-corrected chi connectivity index (χ2v) is 6.93. The van der Waals surface area contributed by atoms with Crippen molar-refractivity contribution in [2.45, 2.75) is 23.2 Å². The molecule has 0 aliphatic heterocycles. The first-order valence-corrected chi connectivity index (χ1v) is 9.39. The summed E-state index contributed by atoms with van der Waals surface area (Å²) in [4.78, 5) is 12.6. The zero-order chi connectivity index (χ0) is 18.2. The van der Waals surface area contributed by atoms with Crippen molar-refractivity contribution < 1.29 is 14.6 Å². The Hall–Kier alpha value is -2.72. The van der Waals surface area contributed by atoms with E-state index in [0.29, 0.717) is 12.2 Å². The van der Waals surface area contributed by atoms with Crippen LogP contribution in [0.1, 0.15) is 11.1 Å². The van der Waals surface area contributed by atoms with Crippen LogP contribution in [-0.2, 0) is 17.0 Å². The van der Waals surface area contributed by atoms with Gasteiger partial charge in [0, 0.05) is 17.1 Å². The highest BCUT2D eigenvalue weighted by atomic mass is 32.2. The average molecular weight is 364 g/mol. The second-order valence-electron chi connectivity index (χ2n) is 5.88. The summed E-state index contributed by atoms with van der Waals surface area (Å²) >= 11 is 1.74. The van der Waals surface area contributed by atoms with Gasteiger partial charge in [0.2, 0.25) is 0 Å². The molecule has 0 aromatic heterocycles. The Morgan fingerprint density at radius 3 is 2.00 bits per heavy atom. The molecule has 3 nitrogen and oxygen atoms in total. The van der Waals surface area contributed by atoms with Gasteiger partial charge < -0.3 is 9.84 Å². The lowest BCUT2D eigenvalue weighted by atomic mass is 10.1. The van der Waals surface area contributed by atoms with Crippen molar-refractivity contribution in [2.24, 2.45) is 0 Å². The van der Waals surface area contributed by atoms with Crippen LogP contribution in [0.5, 0.6) is 5.75 Å². The van der Waals surface area contributed by atoms with Gasteiger partial charge in [0.15, 0.2) is 6.10 Å². The van der Waals surface area contributed by atoms with Gasteiger partial charge in [-0.2, -0.15) is 0 Å². The summed E-state index contributed by atoms with van der Waals surface area (Å²) < 4.78 is 5.69. The van der Waals surface area contributed by atoms with Crippen LogP contribution in [-0.4, -0.2) is 17.2 Å². The van der Waals surface area contributed by atoms with E-state index in [4.69, 9.17) is 4.74 Å². The molecule has 0 saturated heterocycles. The van der Waals surface area contributed by atoms with Crippen LogP contribution in [0, 0.1) is 0 Å². The van der Waals surface area contributed by atoms with E-state index in [9.17, 15) is 9.90 Å². The van der Waals surface area contributed by atoms with E-state index < -0.39 is 12.1 Å². The van der Waals surface area contributed by atoms with Gasteiger partial charge in [0.25, 0.3) is 0 Å². The Morgan fingerprint density at radius 1 is 0.846 bits per heavy atom. The molecule has 1 atom stereocenters. The maximum absolute atomic E-state index is 11.5. The van der Waals surface area contributed by atoms with Crippen molar-refractivity contribution in [3.8, 4) is 5.75 Å². The summed E-state index contributed by atoms with van der Waals surface area (Å²) in [6.45, 7) is 0. The van der Waals surface area contributed by atoms with Crippen molar-refractivity contribution in [3.63, 3.8) is 0 Å². The van der Waals surface area contributed by atoms with E-state index in [2.05, 4.69) is 12.1 Å². The highest BCUT2D eigenvalue weighted by Gasteiger charge is 2.20. The van der Waals surface area contributed by atoms with Crippen LogP contribution < -0.4 is 4.74 Å². The Bertz CT molecular complexity index is 817. The zero-order valence-corrected chi connectivity index (χ0v) is 15.1. The molecular weight excluding hydrogens is 344 g/mol. The molecule has 0 spiro atoms. The molecule has 1 N–H and O–H groups in total. The lowest BCUT2D eigenvalue weighted by Crippen LogP contribution is -2.29. The predicted octanol–water partition coefficient (Wildman–Crippen LogP) is 5.05. The maximum Gasteiger partial charge on any atom is 0.345 e. The van der Waals surface area contributed by atoms with E-state index >= 15 is 0 Å². The van der Waals surface area contributed by atoms with E-state index in [1.54, 1.807) is 11.8 Å². The molecule has 0 radical (unpaired) electrons. The maximum atomic E-state index is 11.5. The Kier molecular flexibility index (Phi) is 6.34. The minimum atomic E-state index is -0.962. The van der Waals surface area contributed by atoms with Gasteiger partial charge in [-0.25, -0.2) is 4.79 Å². The SMILES string of the molecule is O=C(O)C(Cc1ccccc1)Oc1ccc(SCc2ccccc2)cc1. The normalized spacial score (nSPS) is 11.7. The average Bonchev–Trinajstić information content (AvgIpc) is 2.68. The molecule has 0 saturated carbocycles. The van der Waals surface area contributed by atoms with Crippen LogP contribution in [0.15, 0.2) is 89.8 Å². The zero-order valence-electron chi connectivity index (χ0n) is 14.2. The minimum Gasteiger partial charge on any atom is -0.478 e. The Labute approximate surface area is 157 Å². The Balaban J connectivity index is 1.59. The minimum absolute atomic E-state index is 0.334. The van der Waals surface area contributed by atoms with Crippen molar-refractivity contribution >= 4 is 17.7 Å². The van der Waals surface area contributed by atoms with Crippen molar-refractivity contribution in [3.05, 3.63) is 96.1 Å². The van der Waals surface area contributed by atoms with Gasteiger partial charge in [-0.15, -0.1) is 11.8 Å². The van der Waals surface area contributed by atoms with Crippen molar-refractivity contribution in [1.82, 2.24) is 0 Å². The largest absolute Gasteiger partial charge is 0.478 e. The van der Waals surface area contributed by atoms with Crippen molar-refractivity contribution in [2.75, 3.05) is 0 Å². The van der Waals surface area contributed by atoms with Crippen LogP contribution in [0.3, 0.4) is 0 Å². The smallest absolute Gasteiger partial charge is 0.345 e. The van der Waals surface area contributed by atoms with E-state index in [1.165, 1.54) is 5.56 Å². The quantitative estimate of drug-likeness (QED) is 0.568. The summed E-state index contributed by atoms with van der Waals surface area (Å²) in [7, 11) is 0. The fraction of sp³-hybridized carbons (Fsp3) is 0.136. The fourth-order valence-electron chi connectivity index (χ4n) is 2.53. The van der Waals surface area contributed by atoms with Crippen molar-refractivity contribution in [1.29, 1.82) is 0 Å². The first-order valence-electron chi connectivity index (χ1n) is 8.41. The molecule has 1 unspecified atom stereocenters. The molecule has 3 aromatic carbocycles. The molecular formula is C22H20O3S. The summed E-state index contributed by atoms with van der Waals surface area (Å²) in [6.07, 6.45) is -0.569. The third kappa shape index (κ3) is 5.39. The summed E-state index contributed by atoms with van der Waals surface area (Å²) in [6, 6.07) is 27.4.